The minimum Gasteiger partial charge on any atom is -0.495 e. The fourth-order valence-corrected chi connectivity index (χ4v) is 3.82. The summed E-state index contributed by atoms with van der Waals surface area (Å²) in [6, 6.07) is 15.4. The Labute approximate surface area is 172 Å². The first-order valence-corrected chi connectivity index (χ1v) is 9.58. The molecule has 0 bridgehead atoms. The molecule has 0 saturated carbocycles. The lowest BCUT2D eigenvalue weighted by atomic mass is 10.2. The third kappa shape index (κ3) is 2.68. The summed E-state index contributed by atoms with van der Waals surface area (Å²) in [5.41, 5.74) is 5.64. The maximum Gasteiger partial charge on any atom is 0.182 e. The molecule has 0 unspecified atom stereocenters. The van der Waals surface area contributed by atoms with E-state index in [1.54, 1.807) is 18.0 Å². The monoisotopic (exact) mass is 403 g/mol. The third-order valence-corrected chi connectivity index (χ3v) is 5.51. The molecule has 0 aliphatic carbocycles. The van der Waals surface area contributed by atoms with Crippen molar-refractivity contribution >= 4 is 28.3 Å². The van der Waals surface area contributed by atoms with Crippen molar-refractivity contribution in [2.75, 3.05) is 7.11 Å². The van der Waals surface area contributed by atoms with Crippen LogP contribution in [0.5, 0.6) is 5.75 Å². The average Bonchev–Trinajstić information content (AvgIpc) is 3.28. The van der Waals surface area contributed by atoms with Gasteiger partial charge in [0.15, 0.2) is 17.1 Å². The number of aromatic nitrogens is 5. The molecule has 3 heterocycles. The molecule has 0 amide bonds. The predicted octanol–water partition coefficient (Wildman–Crippen LogP) is 5.01. The van der Waals surface area contributed by atoms with Crippen molar-refractivity contribution in [3.63, 3.8) is 0 Å². The molecular formula is C22H18ClN5O. The number of rotatable bonds is 3. The molecule has 0 N–H and O–H groups in total. The van der Waals surface area contributed by atoms with Gasteiger partial charge in [-0.3, -0.25) is 4.57 Å². The summed E-state index contributed by atoms with van der Waals surface area (Å²) in [6.07, 6.45) is 1.70. The topological polar surface area (TPSA) is 57.2 Å². The number of nitrogens with zero attached hydrogens (tertiary/aromatic N) is 5. The number of halogens is 1. The standard InChI is InChI=1S/C22H18ClN5O/c1-13-14(2)28(17-6-4-5-7-18(17)29-3)21-19(13)22-25-20(26-27(22)12-24-21)15-8-10-16(23)11-9-15/h4-12H,1-3H3. The lowest BCUT2D eigenvalue weighted by molar-refractivity contribution is 0.413. The molecule has 0 aliphatic heterocycles. The van der Waals surface area contributed by atoms with E-state index >= 15 is 0 Å². The van der Waals surface area contributed by atoms with Crippen LogP contribution in [0.2, 0.25) is 5.02 Å². The Bertz CT molecular complexity index is 1370. The van der Waals surface area contributed by atoms with Crippen molar-refractivity contribution in [3.05, 3.63) is 71.1 Å². The maximum atomic E-state index is 6.01. The molecule has 0 saturated heterocycles. The molecule has 0 atom stereocenters. The highest BCUT2D eigenvalue weighted by Crippen LogP contribution is 2.33. The number of benzene rings is 2. The quantitative estimate of drug-likeness (QED) is 0.424. The van der Waals surface area contributed by atoms with Gasteiger partial charge < -0.3 is 4.74 Å². The van der Waals surface area contributed by atoms with Crippen LogP contribution in [0.1, 0.15) is 11.3 Å². The van der Waals surface area contributed by atoms with Gasteiger partial charge in [-0.15, -0.1) is 5.10 Å². The summed E-state index contributed by atoms with van der Waals surface area (Å²) in [5.74, 6) is 1.43. The van der Waals surface area contributed by atoms with Crippen LogP contribution in [0.15, 0.2) is 54.9 Å². The summed E-state index contributed by atoms with van der Waals surface area (Å²) < 4.78 is 9.42. The highest BCUT2D eigenvalue weighted by atomic mass is 35.5. The maximum absolute atomic E-state index is 6.01. The zero-order chi connectivity index (χ0) is 20.1. The van der Waals surface area contributed by atoms with Crippen LogP contribution in [0.4, 0.5) is 0 Å². The summed E-state index contributed by atoms with van der Waals surface area (Å²) >= 11 is 6.01. The lowest BCUT2D eigenvalue weighted by Crippen LogP contribution is -2.01. The van der Waals surface area contributed by atoms with E-state index in [4.69, 9.17) is 26.3 Å². The van der Waals surface area contributed by atoms with Gasteiger partial charge in [-0.2, -0.15) is 0 Å². The Morgan fingerprint density at radius 3 is 2.48 bits per heavy atom. The number of fused-ring (bicyclic) bond motifs is 3. The number of hydrogen-bond donors (Lipinski definition) is 0. The predicted molar refractivity (Wildman–Crippen MR) is 114 cm³/mol. The van der Waals surface area contributed by atoms with Gasteiger partial charge in [-0.05, 0) is 55.8 Å². The van der Waals surface area contributed by atoms with Gasteiger partial charge in [-0.25, -0.2) is 14.5 Å². The van der Waals surface area contributed by atoms with E-state index in [2.05, 4.69) is 23.5 Å². The van der Waals surface area contributed by atoms with Crippen LogP contribution in [0.3, 0.4) is 0 Å². The minimum absolute atomic E-state index is 0.637. The van der Waals surface area contributed by atoms with E-state index in [1.165, 1.54) is 0 Å². The number of hydrogen-bond acceptors (Lipinski definition) is 4. The molecule has 0 spiro atoms. The van der Waals surface area contributed by atoms with E-state index in [9.17, 15) is 0 Å². The molecule has 144 valence electrons. The van der Waals surface area contributed by atoms with Crippen molar-refractivity contribution in [3.8, 4) is 22.8 Å². The second-order valence-corrected chi connectivity index (χ2v) is 7.31. The first kappa shape index (κ1) is 17.7. The molecule has 7 heteroatoms. The van der Waals surface area contributed by atoms with Crippen molar-refractivity contribution in [1.29, 1.82) is 0 Å². The molecule has 5 rings (SSSR count). The second kappa shape index (κ2) is 6.60. The van der Waals surface area contributed by atoms with Crippen LogP contribution < -0.4 is 4.74 Å². The average molecular weight is 404 g/mol. The van der Waals surface area contributed by atoms with Crippen LogP contribution in [-0.4, -0.2) is 31.3 Å². The van der Waals surface area contributed by atoms with E-state index in [0.29, 0.717) is 10.8 Å². The lowest BCUT2D eigenvalue weighted by Gasteiger charge is -2.12. The van der Waals surface area contributed by atoms with Gasteiger partial charge in [0, 0.05) is 16.3 Å². The van der Waals surface area contributed by atoms with Gasteiger partial charge in [0.2, 0.25) is 0 Å². The third-order valence-electron chi connectivity index (χ3n) is 5.26. The summed E-state index contributed by atoms with van der Waals surface area (Å²) in [6.45, 7) is 4.17. The fourth-order valence-electron chi connectivity index (χ4n) is 3.69. The molecule has 2 aromatic carbocycles. The molecule has 0 radical (unpaired) electrons. The number of para-hydroxylation sites is 2. The summed E-state index contributed by atoms with van der Waals surface area (Å²) in [4.78, 5) is 9.53. The number of methoxy groups -OCH3 is 1. The van der Waals surface area contributed by atoms with Crippen LogP contribution in [0.25, 0.3) is 33.8 Å². The Kier molecular flexibility index (Phi) is 4.03. The SMILES string of the molecule is COc1ccccc1-n1c(C)c(C)c2c1ncn1nc(-c3ccc(Cl)cc3)nc21. The van der Waals surface area contributed by atoms with Crippen LogP contribution in [-0.2, 0) is 0 Å². The van der Waals surface area contributed by atoms with Crippen molar-refractivity contribution in [2.45, 2.75) is 13.8 Å². The van der Waals surface area contributed by atoms with Crippen molar-refractivity contribution in [1.82, 2.24) is 24.1 Å². The first-order chi connectivity index (χ1) is 14.1. The molecule has 29 heavy (non-hydrogen) atoms. The van der Waals surface area contributed by atoms with Gasteiger partial charge in [0.05, 0.1) is 18.2 Å². The Morgan fingerprint density at radius 2 is 1.72 bits per heavy atom. The molecule has 5 aromatic rings. The highest BCUT2D eigenvalue weighted by molar-refractivity contribution is 6.30. The highest BCUT2D eigenvalue weighted by Gasteiger charge is 2.20. The Morgan fingerprint density at radius 1 is 0.966 bits per heavy atom. The Hall–Kier alpha value is -3.38. The van der Waals surface area contributed by atoms with Crippen molar-refractivity contribution < 1.29 is 4.74 Å². The van der Waals surface area contributed by atoms with Crippen LogP contribution >= 0.6 is 11.6 Å². The van der Waals surface area contributed by atoms with E-state index in [1.807, 2.05) is 48.5 Å². The fraction of sp³-hybridized carbons (Fsp3) is 0.136. The molecule has 0 aliphatic rings. The van der Waals surface area contributed by atoms with E-state index in [0.717, 1.165) is 44.9 Å². The largest absolute Gasteiger partial charge is 0.495 e. The molecule has 0 fully saturated rings. The van der Waals surface area contributed by atoms with Gasteiger partial charge in [0.1, 0.15) is 12.1 Å². The zero-order valence-corrected chi connectivity index (χ0v) is 17.0. The van der Waals surface area contributed by atoms with Gasteiger partial charge in [0.25, 0.3) is 0 Å². The number of aryl methyl sites for hydroxylation is 1. The molecule has 6 nitrogen and oxygen atoms in total. The van der Waals surface area contributed by atoms with Gasteiger partial charge >= 0.3 is 0 Å². The van der Waals surface area contributed by atoms with Gasteiger partial charge in [-0.1, -0.05) is 23.7 Å². The van der Waals surface area contributed by atoms with E-state index < -0.39 is 0 Å². The summed E-state index contributed by atoms with van der Waals surface area (Å²) in [7, 11) is 1.68. The van der Waals surface area contributed by atoms with E-state index in [-0.39, 0.29) is 0 Å². The summed E-state index contributed by atoms with van der Waals surface area (Å²) in [5, 5.41) is 6.27. The Balaban J connectivity index is 1.79. The normalized spacial score (nSPS) is 11.4. The first-order valence-electron chi connectivity index (χ1n) is 9.21. The van der Waals surface area contributed by atoms with Crippen LogP contribution in [0, 0.1) is 13.8 Å². The zero-order valence-electron chi connectivity index (χ0n) is 16.2. The number of ether oxygens (including phenoxy) is 1. The van der Waals surface area contributed by atoms with Crippen molar-refractivity contribution in [2.24, 2.45) is 0 Å². The minimum atomic E-state index is 0.637. The second-order valence-electron chi connectivity index (χ2n) is 6.87. The molecule has 3 aromatic heterocycles. The molecular weight excluding hydrogens is 386 g/mol. The smallest absolute Gasteiger partial charge is 0.182 e.